The first-order chi connectivity index (χ1) is 14.6. The molecule has 2 aromatic carbocycles. The van der Waals surface area contributed by atoms with Crippen LogP contribution >= 0.6 is 0 Å². The van der Waals surface area contributed by atoms with Crippen molar-refractivity contribution in [2.45, 2.75) is 13.8 Å². The highest BCUT2D eigenvalue weighted by Crippen LogP contribution is 2.24. The molecule has 1 amide bonds. The Kier molecular flexibility index (Phi) is 5.93. The molecule has 6 heteroatoms. The van der Waals surface area contributed by atoms with Gasteiger partial charge in [0.15, 0.2) is 0 Å². The van der Waals surface area contributed by atoms with Crippen LogP contribution in [0.3, 0.4) is 0 Å². The average molecular weight is 402 g/mol. The number of anilines is 1. The lowest BCUT2D eigenvalue weighted by Crippen LogP contribution is -2.49. The number of amides is 1. The number of carbonyl (C=O) groups excluding carboxylic acids is 1. The summed E-state index contributed by atoms with van der Waals surface area (Å²) in [4.78, 5) is 25.7. The molecule has 0 unspecified atom stereocenters. The largest absolute Gasteiger partial charge is 0.494 e. The molecule has 0 bridgehead atoms. The van der Waals surface area contributed by atoms with Crippen molar-refractivity contribution in [3.8, 4) is 17.0 Å². The van der Waals surface area contributed by atoms with E-state index in [9.17, 15) is 4.79 Å². The van der Waals surface area contributed by atoms with Crippen molar-refractivity contribution in [3.05, 3.63) is 72.1 Å². The van der Waals surface area contributed by atoms with E-state index in [2.05, 4.69) is 14.9 Å². The topological polar surface area (TPSA) is 58.6 Å². The van der Waals surface area contributed by atoms with Crippen molar-refractivity contribution in [3.63, 3.8) is 0 Å². The molecule has 6 nitrogen and oxygen atoms in total. The second-order valence-electron chi connectivity index (χ2n) is 7.36. The number of hydrogen-bond donors (Lipinski definition) is 0. The van der Waals surface area contributed by atoms with Crippen molar-refractivity contribution in [1.82, 2.24) is 14.9 Å². The molecule has 0 spiro atoms. The third-order valence-electron chi connectivity index (χ3n) is 5.30. The Labute approximate surface area is 177 Å². The number of hydrogen-bond acceptors (Lipinski definition) is 5. The van der Waals surface area contributed by atoms with E-state index in [4.69, 9.17) is 4.74 Å². The number of aryl methyl sites for hydroxylation is 1. The lowest BCUT2D eigenvalue weighted by molar-refractivity contribution is 0.0746. The standard InChI is InChI=1S/C24H26N4O2/c1-3-30-21-10-8-19(9-11-21)22-16-23(26-17-25-22)27-12-14-28(15-13-27)24(29)20-6-4-18(2)5-7-20/h4-11,16-17H,3,12-15H2,1-2H3. The maximum absolute atomic E-state index is 12.7. The SMILES string of the molecule is CCOc1ccc(-c2cc(N3CCN(C(=O)c4ccc(C)cc4)CC3)ncn2)cc1. The van der Waals surface area contributed by atoms with Gasteiger partial charge >= 0.3 is 0 Å². The number of ether oxygens (including phenoxy) is 1. The molecule has 0 radical (unpaired) electrons. The summed E-state index contributed by atoms with van der Waals surface area (Å²) in [6.07, 6.45) is 1.60. The lowest BCUT2D eigenvalue weighted by Gasteiger charge is -2.35. The van der Waals surface area contributed by atoms with Gasteiger partial charge in [-0.3, -0.25) is 4.79 Å². The zero-order valence-electron chi connectivity index (χ0n) is 17.4. The lowest BCUT2D eigenvalue weighted by atomic mass is 10.1. The predicted molar refractivity (Wildman–Crippen MR) is 118 cm³/mol. The minimum Gasteiger partial charge on any atom is -0.494 e. The third kappa shape index (κ3) is 4.43. The Morgan fingerprint density at radius 2 is 1.67 bits per heavy atom. The third-order valence-corrected chi connectivity index (χ3v) is 5.30. The minimum absolute atomic E-state index is 0.0902. The van der Waals surface area contributed by atoms with Gasteiger partial charge in [0.1, 0.15) is 17.9 Å². The van der Waals surface area contributed by atoms with E-state index in [0.29, 0.717) is 19.7 Å². The monoisotopic (exact) mass is 402 g/mol. The van der Waals surface area contributed by atoms with E-state index < -0.39 is 0 Å². The minimum atomic E-state index is 0.0902. The van der Waals surface area contributed by atoms with Crippen molar-refractivity contribution >= 4 is 11.7 Å². The average Bonchev–Trinajstić information content (AvgIpc) is 2.80. The molecule has 3 aromatic rings. The van der Waals surface area contributed by atoms with E-state index in [1.807, 2.05) is 73.3 Å². The van der Waals surface area contributed by atoms with Gasteiger partial charge in [-0.15, -0.1) is 0 Å². The molecule has 0 aliphatic carbocycles. The summed E-state index contributed by atoms with van der Waals surface area (Å²) >= 11 is 0. The summed E-state index contributed by atoms with van der Waals surface area (Å²) in [7, 11) is 0. The molecule has 2 heterocycles. The van der Waals surface area contributed by atoms with Gasteiger partial charge < -0.3 is 14.5 Å². The Bertz CT molecular complexity index is 994. The van der Waals surface area contributed by atoms with E-state index in [0.717, 1.165) is 47.0 Å². The zero-order valence-corrected chi connectivity index (χ0v) is 17.4. The van der Waals surface area contributed by atoms with Crippen LogP contribution in [-0.2, 0) is 0 Å². The number of nitrogens with zero attached hydrogens (tertiary/aromatic N) is 4. The number of aromatic nitrogens is 2. The summed E-state index contributed by atoms with van der Waals surface area (Å²) in [6, 6.07) is 17.7. The van der Waals surface area contributed by atoms with Crippen LogP contribution in [0.2, 0.25) is 0 Å². The van der Waals surface area contributed by atoms with Crippen LogP contribution in [0.1, 0.15) is 22.8 Å². The highest BCUT2D eigenvalue weighted by molar-refractivity contribution is 5.94. The highest BCUT2D eigenvalue weighted by atomic mass is 16.5. The van der Waals surface area contributed by atoms with Crippen LogP contribution in [0.4, 0.5) is 5.82 Å². The van der Waals surface area contributed by atoms with Gasteiger partial charge in [0.2, 0.25) is 0 Å². The zero-order chi connectivity index (χ0) is 20.9. The molecule has 0 N–H and O–H groups in total. The fraction of sp³-hybridized carbons (Fsp3) is 0.292. The quantitative estimate of drug-likeness (QED) is 0.649. The molecule has 30 heavy (non-hydrogen) atoms. The van der Waals surface area contributed by atoms with Crippen molar-refractivity contribution in [2.24, 2.45) is 0 Å². The van der Waals surface area contributed by atoms with Crippen LogP contribution < -0.4 is 9.64 Å². The number of rotatable bonds is 5. The molecular weight excluding hydrogens is 376 g/mol. The van der Waals surface area contributed by atoms with Gasteiger partial charge in [-0.1, -0.05) is 17.7 Å². The van der Waals surface area contributed by atoms with Crippen molar-refractivity contribution < 1.29 is 9.53 Å². The van der Waals surface area contributed by atoms with Gasteiger partial charge in [0.25, 0.3) is 5.91 Å². The molecule has 4 rings (SSSR count). The number of benzene rings is 2. The van der Waals surface area contributed by atoms with Crippen LogP contribution in [0.25, 0.3) is 11.3 Å². The normalized spacial score (nSPS) is 13.9. The summed E-state index contributed by atoms with van der Waals surface area (Å²) < 4.78 is 5.51. The maximum atomic E-state index is 12.7. The summed E-state index contributed by atoms with van der Waals surface area (Å²) in [5.74, 6) is 1.83. The molecule has 0 atom stereocenters. The van der Waals surface area contributed by atoms with Crippen molar-refractivity contribution in [1.29, 1.82) is 0 Å². The van der Waals surface area contributed by atoms with Crippen LogP contribution in [0.5, 0.6) is 5.75 Å². The molecule has 1 aromatic heterocycles. The van der Waals surface area contributed by atoms with E-state index in [-0.39, 0.29) is 5.91 Å². The second-order valence-corrected chi connectivity index (χ2v) is 7.36. The van der Waals surface area contributed by atoms with Gasteiger partial charge in [-0.05, 0) is 50.2 Å². The van der Waals surface area contributed by atoms with Gasteiger partial charge in [0.05, 0.1) is 12.3 Å². The summed E-state index contributed by atoms with van der Waals surface area (Å²) in [5, 5.41) is 0. The molecule has 1 aliphatic heterocycles. The van der Waals surface area contributed by atoms with E-state index >= 15 is 0 Å². The Hall–Kier alpha value is -3.41. The predicted octanol–water partition coefficient (Wildman–Crippen LogP) is 3.81. The second kappa shape index (κ2) is 8.95. The first-order valence-corrected chi connectivity index (χ1v) is 10.3. The number of carbonyl (C=O) groups is 1. The van der Waals surface area contributed by atoms with Gasteiger partial charge in [-0.25, -0.2) is 9.97 Å². The Balaban J connectivity index is 1.42. The Morgan fingerprint density at radius 3 is 2.33 bits per heavy atom. The molecule has 154 valence electrons. The van der Waals surface area contributed by atoms with Crippen LogP contribution in [0.15, 0.2) is 60.9 Å². The molecule has 1 saturated heterocycles. The molecular formula is C24H26N4O2. The fourth-order valence-electron chi connectivity index (χ4n) is 3.58. The molecule has 0 saturated carbocycles. The van der Waals surface area contributed by atoms with Crippen LogP contribution in [0, 0.1) is 6.92 Å². The van der Waals surface area contributed by atoms with Crippen molar-refractivity contribution in [2.75, 3.05) is 37.7 Å². The Morgan fingerprint density at radius 1 is 0.967 bits per heavy atom. The number of piperazine rings is 1. The highest BCUT2D eigenvalue weighted by Gasteiger charge is 2.23. The molecule has 1 fully saturated rings. The fourth-order valence-corrected chi connectivity index (χ4v) is 3.58. The first-order valence-electron chi connectivity index (χ1n) is 10.3. The van der Waals surface area contributed by atoms with Gasteiger partial charge in [0, 0.05) is 43.4 Å². The smallest absolute Gasteiger partial charge is 0.253 e. The summed E-state index contributed by atoms with van der Waals surface area (Å²) in [6.45, 7) is 7.49. The van der Waals surface area contributed by atoms with E-state index in [1.54, 1.807) is 6.33 Å². The van der Waals surface area contributed by atoms with Crippen LogP contribution in [-0.4, -0.2) is 53.6 Å². The van der Waals surface area contributed by atoms with Gasteiger partial charge in [-0.2, -0.15) is 0 Å². The maximum Gasteiger partial charge on any atom is 0.253 e. The summed E-state index contributed by atoms with van der Waals surface area (Å²) in [5.41, 5.74) is 3.80. The van der Waals surface area contributed by atoms with E-state index in [1.165, 1.54) is 0 Å². The molecule has 1 aliphatic rings. The first kappa shape index (κ1) is 19.9.